The summed E-state index contributed by atoms with van der Waals surface area (Å²) in [5, 5.41) is 71.5. The number of phenolic OH excluding ortho intramolecular Hbond substituents is 4. The van der Waals surface area contributed by atoms with Crippen LogP contribution in [0.3, 0.4) is 0 Å². The van der Waals surface area contributed by atoms with Crippen LogP contribution in [0.2, 0.25) is 0 Å². The maximum Gasteiger partial charge on any atom is 0.342 e. The summed E-state index contributed by atoms with van der Waals surface area (Å²) in [5.41, 5.74) is 10.1. The summed E-state index contributed by atoms with van der Waals surface area (Å²) in [6.07, 6.45) is 20.7. The van der Waals surface area contributed by atoms with E-state index in [-0.39, 0.29) is 65.9 Å². The number of pyridine rings is 4. The number of carbonyl (C=O) groups is 4. The number of hydrogen-bond acceptors (Lipinski definition) is 25. The Balaban J connectivity index is 0.000000121. The zero-order valence-electron chi connectivity index (χ0n) is 73.2. The van der Waals surface area contributed by atoms with Crippen LogP contribution < -0.4 is 10.6 Å². The molecule has 16 aromatic rings. The number of carboxylic acid groups (broad SMARTS) is 1. The number of ether oxygens (including phenoxy) is 3. The standard InChI is InChI=1S/2C26H27N3O4.C26H26N2O4.C25H24N2O4/c2*1-3-32-26(31)20-16(2)33-25-19-7-5-4-6-18(19)24(30)22(21(20)25)23(17-8-10-27-11-9-17)29-14-12-28-13-15-29;1-16-20(26(30)31-2)21-22(24(29)18-8-4-5-9-19(18)25(21)32-16)23(17-10-12-27-13-11-17)28-14-6-3-7-15-28;1-15-19(25(29)30)20-21(23(28)17-7-3-4-8-18(17)24(20)31-15)22(16-9-11-26-12-10-16)27-13-5-2-6-14-27/h2*4-11,23,28,30H,3,12-15H2,1-2H3;4-5,8-13,23,29H,3,6-7,14-15H2,1-2H3;3-4,7-12,22,28H,2,5-6,13-14H2,1H3,(H,29,30). The summed E-state index contributed by atoms with van der Waals surface area (Å²) >= 11 is 0. The minimum Gasteiger partial charge on any atom is -0.507 e. The lowest BCUT2D eigenvalue weighted by Gasteiger charge is -2.36. The molecule has 0 bridgehead atoms. The molecular formula is C103H104N10O16. The fourth-order valence-electron chi connectivity index (χ4n) is 19.8. The summed E-state index contributed by atoms with van der Waals surface area (Å²) in [6, 6.07) is 44.8. The van der Waals surface area contributed by atoms with Crippen LogP contribution in [0, 0.1) is 27.7 Å². The molecular weight excluding hydrogens is 1630 g/mol. The van der Waals surface area contributed by atoms with E-state index in [4.69, 9.17) is 31.9 Å². The van der Waals surface area contributed by atoms with Gasteiger partial charge in [-0.15, -0.1) is 0 Å². The second-order valence-corrected chi connectivity index (χ2v) is 32.9. The molecule has 8 aromatic carbocycles. The van der Waals surface area contributed by atoms with Crippen LogP contribution in [-0.4, -0.2) is 188 Å². The van der Waals surface area contributed by atoms with E-state index < -0.39 is 23.9 Å². The molecule has 4 saturated heterocycles. The van der Waals surface area contributed by atoms with Gasteiger partial charge in [-0.1, -0.05) is 110 Å². The van der Waals surface area contributed by atoms with Crippen molar-refractivity contribution >= 4 is 111 Å². The molecule has 0 radical (unpaired) electrons. The third-order valence-corrected chi connectivity index (χ3v) is 25.4. The number of phenols is 4. The fraction of sp³-hybridized carbons (Fsp3) is 0.301. The van der Waals surface area contributed by atoms with Gasteiger partial charge in [0.15, 0.2) is 0 Å². The number of nitrogens with zero attached hydrogens (tertiary/aromatic N) is 8. The van der Waals surface area contributed by atoms with Crippen LogP contribution in [0.15, 0.2) is 213 Å². The van der Waals surface area contributed by atoms with Crippen LogP contribution in [0.4, 0.5) is 0 Å². The monoisotopic (exact) mass is 1740 g/mol. The first-order chi connectivity index (χ1) is 62.9. The van der Waals surface area contributed by atoms with E-state index in [9.17, 15) is 44.7 Å². The number of aryl methyl sites for hydroxylation is 4. The van der Waals surface area contributed by atoms with Gasteiger partial charge in [0.25, 0.3) is 0 Å². The molecule has 12 heterocycles. The predicted molar refractivity (Wildman–Crippen MR) is 495 cm³/mol. The summed E-state index contributed by atoms with van der Waals surface area (Å²) in [5.74, 6) is -0.0357. The van der Waals surface area contributed by atoms with Crippen molar-refractivity contribution in [3.63, 3.8) is 0 Å². The van der Waals surface area contributed by atoms with Gasteiger partial charge in [0, 0.05) is 189 Å². The molecule has 4 unspecified atom stereocenters. The van der Waals surface area contributed by atoms with Crippen molar-refractivity contribution in [1.29, 1.82) is 0 Å². The smallest absolute Gasteiger partial charge is 0.342 e. The van der Waals surface area contributed by atoms with E-state index in [1.807, 2.05) is 146 Å². The first-order valence-electron chi connectivity index (χ1n) is 44.2. The van der Waals surface area contributed by atoms with Crippen molar-refractivity contribution in [3.05, 3.63) is 285 Å². The van der Waals surface area contributed by atoms with Crippen LogP contribution in [0.1, 0.15) is 186 Å². The number of aromatic carboxylic acids is 1. The fourth-order valence-corrected chi connectivity index (χ4v) is 19.8. The molecule has 0 saturated carbocycles. The number of carboxylic acids is 1. The van der Waals surface area contributed by atoms with E-state index in [0.717, 1.165) is 143 Å². The number of carbonyl (C=O) groups excluding carboxylic acids is 3. The van der Waals surface area contributed by atoms with Crippen molar-refractivity contribution in [2.45, 2.75) is 104 Å². The van der Waals surface area contributed by atoms with Gasteiger partial charge >= 0.3 is 23.9 Å². The first-order valence-corrected chi connectivity index (χ1v) is 44.2. The number of fused-ring (bicyclic) bond motifs is 12. The highest BCUT2D eigenvalue weighted by molar-refractivity contribution is 6.20. The maximum absolute atomic E-state index is 13.1. The van der Waals surface area contributed by atoms with Crippen molar-refractivity contribution in [2.24, 2.45) is 0 Å². The molecule has 662 valence electrons. The highest BCUT2D eigenvalue weighted by Gasteiger charge is 2.40. The van der Waals surface area contributed by atoms with Crippen molar-refractivity contribution in [1.82, 2.24) is 50.2 Å². The van der Waals surface area contributed by atoms with Gasteiger partial charge in [0.2, 0.25) is 0 Å². The number of esters is 3. The number of likely N-dealkylation sites (tertiary alicyclic amines) is 2. The number of hydrogen-bond donors (Lipinski definition) is 7. The Morgan fingerprint density at radius 3 is 0.822 bits per heavy atom. The van der Waals surface area contributed by atoms with Gasteiger partial charge in [-0.05, 0) is 164 Å². The van der Waals surface area contributed by atoms with Crippen LogP contribution >= 0.6 is 0 Å². The van der Waals surface area contributed by atoms with Gasteiger partial charge in [0.05, 0.1) is 44.5 Å². The molecule has 0 spiro atoms. The number of piperidine rings is 2. The van der Waals surface area contributed by atoms with Gasteiger partial charge in [-0.2, -0.15) is 0 Å². The third kappa shape index (κ3) is 16.7. The Labute approximate surface area is 744 Å². The largest absolute Gasteiger partial charge is 0.507 e. The summed E-state index contributed by atoms with van der Waals surface area (Å²) < 4.78 is 40.5. The number of furan rings is 4. The zero-order valence-corrected chi connectivity index (χ0v) is 73.2. The molecule has 0 amide bonds. The second-order valence-electron chi connectivity index (χ2n) is 32.9. The highest BCUT2D eigenvalue weighted by Crippen LogP contribution is 2.53. The SMILES string of the molecule is CCOC(=O)c1c(C)oc2c1c(C(c1ccncc1)N1CCNCC1)c(O)c1ccccc12.CCOC(=O)c1c(C)oc2c1c(C(c1ccncc1)N1CCNCC1)c(O)c1ccccc12.COC(=O)c1c(C)oc2c1c(C(c1ccncc1)N1CCCCC1)c(O)c1ccccc12.Cc1oc2c(c1C(=O)O)c(C(c1ccncc1)N1CCCCC1)c(O)c1ccccc12. The Hall–Kier alpha value is -13.6. The molecule has 4 fully saturated rings. The Bertz CT molecular complexity index is 6610. The zero-order chi connectivity index (χ0) is 89.7. The lowest BCUT2D eigenvalue weighted by Crippen LogP contribution is -2.45. The number of nitrogens with one attached hydrogen (secondary N) is 2. The number of aromatic nitrogens is 4. The predicted octanol–water partition coefficient (Wildman–Crippen LogP) is 19.0. The lowest BCUT2D eigenvalue weighted by atomic mass is 9.88. The highest BCUT2D eigenvalue weighted by atomic mass is 16.5. The molecule has 4 atom stereocenters. The van der Waals surface area contributed by atoms with Crippen molar-refractivity contribution in [3.8, 4) is 23.0 Å². The van der Waals surface area contributed by atoms with E-state index in [1.54, 1.807) is 91.1 Å². The molecule has 26 heteroatoms. The second kappa shape index (κ2) is 38.5. The number of methoxy groups -OCH3 is 1. The van der Waals surface area contributed by atoms with Crippen LogP contribution in [-0.2, 0) is 14.2 Å². The number of aromatic hydroxyl groups is 4. The number of rotatable bonds is 18. The Kier molecular flexibility index (Phi) is 26.1. The minimum atomic E-state index is -1.06. The first kappa shape index (κ1) is 87.5. The van der Waals surface area contributed by atoms with Crippen molar-refractivity contribution in [2.75, 3.05) is 98.9 Å². The number of benzene rings is 8. The van der Waals surface area contributed by atoms with Gasteiger partial charge in [-0.3, -0.25) is 39.5 Å². The van der Waals surface area contributed by atoms with Crippen LogP contribution in [0.5, 0.6) is 23.0 Å². The molecule has 8 aromatic heterocycles. The average molecular weight is 1740 g/mol. The van der Waals surface area contributed by atoms with Gasteiger partial charge < -0.3 is 68.0 Å². The molecule has 4 aliphatic heterocycles. The Morgan fingerprint density at radius 2 is 0.574 bits per heavy atom. The topological polar surface area (TPSA) is 338 Å². The maximum atomic E-state index is 13.1. The summed E-state index contributed by atoms with van der Waals surface area (Å²) in [4.78, 5) is 77.4. The van der Waals surface area contributed by atoms with Gasteiger partial charge in [0.1, 0.15) is 90.6 Å². The molecule has 26 nitrogen and oxygen atoms in total. The van der Waals surface area contributed by atoms with Crippen molar-refractivity contribution < 1.29 is 76.6 Å². The minimum absolute atomic E-state index is 0.110. The average Bonchev–Trinajstić information content (AvgIpc) is 1.67. The van der Waals surface area contributed by atoms with Gasteiger partial charge in [-0.25, -0.2) is 19.2 Å². The molecule has 129 heavy (non-hydrogen) atoms. The van der Waals surface area contributed by atoms with E-state index in [0.29, 0.717) is 133 Å². The number of piperazine rings is 2. The quantitative estimate of drug-likeness (QED) is 0.0310. The summed E-state index contributed by atoms with van der Waals surface area (Å²) in [7, 11) is 1.37. The lowest BCUT2D eigenvalue weighted by molar-refractivity contribution is 0.0516. The summed E-state index contributed by atoms with van der Waals surface area (Å²) in [6.45, 7) is 21.2. The van der Waals surface area contributed by atoms with E-state index in [2.05, 4.69) is 50.2 Å². The third-order valence-electron chi connectivity index (χ3n) is 25.4. The normalized spacial score (nSPS) is 15.8. The van der Waals surface area contributed by atoms with E-state index in [1.165, 1.54) is 20.0 Å². The Morgan fingerprint density at radius 1 is 0.341 bits per heavy atom. The molecule has 4 aliphatic rings. The molecule has 20 rings (SSSR count). The molecule has 7 N–H and O–H groups in total. The van der Waals surface area contributed by atoms with Crippen LogP contribution in [0.25, 0.3) is 87.0 Å². The molecule has 0 aliphatic carbocycles. The van der Waals surface area contributed by atoms with E-state index >= 15 is 0 Å².